The van der Waals surface area contributed by atoms with Crippen molar-refractivity contribution in [2.24, 2.45) is 0 Å². The van der Waals surface area contributed by atoms with Gasteiger partial charge in [-0.3, -0.25) is 0 Å². The first-order valence-corrected chi connectivity index (χ1v) is 4.88. The Morgan fingerprint density at radius 2 is 2.00 bits per heavy atom. The topological polar surface area (TPSA) is 0 Å². The Balaban J connectivity index is 2.47. The fraction of sp³-hybridized carbons (Fsp3) is 0. The second-order valence-electron chi connectivity index (χ2n) is 2.77. The first-order valence-electron chi connectivity index (χ1n) is 4.09. The minimum Gasteiger partial charge on any atom is -0.0615 e. The molecule has 0 saturated carbocycles. The maximum Gasteiger partial charge on any atom is 0.103 e. The standard InChI is InChI=1S/C12H8Br/c13-12-9-5-4-8-11(12)10-6-2-1-3-7-10/h2-9H/q+1. The maximum atomic E-state index is 3.52. The van der Waals surface area contributed by atoms with E-state index in [4.69, 9.17) is 0 Å². The number of hydrogen-bond acceptors (Lipinski definition) is 0. The summed E-state index contributed by atoms with van der Waals surface area (Å²) in [4.78, 5) is 0. The van der Waals surface area contributed by atoms with E-state index < -0.39 is 0 Å². The Hall–Kier alpha value is -1.17. The Labute approximate surface area is 86.4 Å². The van der Waals surface area contributed by atoms with Crippen LogP contribution in [0.25, 0.3) is 5.57 Å². The van der Waals surface area contributed by atoms with E-state index in [0.29, 0.717) is 0 Å². The van der Waals surface area contributed by atoms with Gasteiger partial charge in [-0.2, -0.15) is 0 Å². The average molecular weight is 232 g/mol. The summed E-state index contributed by atoms with van der Waals surface area (Å²) in [5.41, 5.74) is 2.43. The van der Waals surface area contributed by atoms with E-state index in [9.17, 15) is 0 Å². The Bertz CT molecular complexity index is 397. The lowest BCUT2D eigenvalue weighted by Gasteiger charge is -2.00. The van der Waals surface area contributed by atoms with Gasteiger partial charge in [-0.1, -0.05) is 34.1 Å². The molecule has 0 radical (unpaired) electrons. The van der Waals surface area contributed by atoms with Crippen LogP contribution in [0, 0.1) is 6.08 Å². The van der Waals surface area contributed by atoms with Gasteiger partial charge in [0.1, 0.15) is 12.2 Å². The molecule has 0 aliphatic heterocycles. The second-order valence-corrected chi connectivity index (χ2v) is 3.62. The van der Waals surface area contributed by atoms with Crippen LogP contribution >= 0.6 is 15.9 Å². The van der Waals surface area contributed by atoms with Crippen molar-refractivity contribution in [3.05, 3.63) is 64.7 Å². The van der Waals surface area contributed by atoms with E-state index in [0.717, 1.165) is 4.47 Å². The molecule has 0 fully saturated rings. The van der Waals surface area contributed by atoms with Crippen LogP contribution in [-0.4, -0.2) is 0 Å². The van der Waals surface area contributed by atoms with Gasteiger partial charge in [0.15, 0.2) is 0 Å². The molecule has 0 nitrogen and oxygen atoms in total. The molecule has 0 bridgehead atoms. The predicted octanol–water partition coefficient (Wildman–Crippen LogP) is 3.76. The lowest BCUT2D eigenvalue weighted by Crippen LogP contribution is -1.83. The normalized spacial score (nSPS) is 13.8. The first kappa shape index (κ1) is 8.43. The third kappa shape index (κ3) is 1.77. The second kappa shape index (κ2) is 3.69. The van der Waals surface area contributed by atoms with Crippen LogP contribution in [-0.2, 0) is 0 Å². The summed E-state index contributed by atoms with van der Waals surface area (Å²) in [7, 11) is 0. The number of benzene rings is 1. The van der Waals surface area contributed by atoms with Crippen LogP contribution in [0.3, 0.4) is 0 Å². The zero-order valence-electron chi connectivity index (χ0n) is 7.00. The van der Waals surface area contributed by atoms with Crippen LogP contribution in [0.1, 0.15) is 5.56 Å². The fourth-order valence-corrected chi connectivity index (χ4v) is 1.78. The van der Waals surface area contributed by atoms with Crippen molar-refractivity contribution in [1.82, 2.24) is 0 Å². The molecular formula is C12H8Br+. The molecule has 1 aliphatic carbocycles. The molecule has 1 aromatic carbocycles. The predicted molar refractivity (Wildman–Crippen MR) is 59.1 cm³/mol. The molecule has 1 heteroatoms. The van der Waals surface area contributed by atoms with E-state index in [1.807, 2.05) is 30.4 Å². The van der Waals surface area contributed by atoms with Crippen molar-refractivity contribution >= 4 is 21.5 Å². The molecule has 0 spiro atoms. The summed E-state index contributed by atoms with van der Waals surface area (Å²) in [6.45, 7) is 0. The highest BCUT2D eigenvalue weighted by Crippen LogP contribution is 2.25. The summed E-state index contributed by atoms with van der Waals surface area (Å²) in [6, 6.07) is 8.20. The van der Waals surface area contributed by atoms with Gasteiger partial charge in [-0.05, 0) is 6.07 Å². The highest BCUT2D eigenvalue weighted by atomic mass is 79.9. The van der Waals surface area contributed by atoms with Gasteiger partial charge >= 0.3 is 0 Å². The molecular weight excluding hydrogens is 224 g/mol. The smallest absolute Gasteiger partial charge is 0.0615 e. The van der Waals surface area contributed by atoms with Crippen molar-refractivity contribution in [3.63, 3.8) is 0 Å². The third-order valence-electron chi connectivity index (χ3n) is 1.90. The quantitative estimate of drug-likeness (QED) is 0.646. The van der Waals surface area contributed by atoms with Crippen molar-refractivity contribution in [2.45, 2.75) is 0 Å². The highest BCUT2D eigenvalue weighted by Gasteiger charge is 2.08. The molecule has 0 heterocycles. The molecule has 0 saturated heterocycles. The number of halogens is 1. The fourth-order valence-electron chi connectivity index (χ4n) is 1.26. The summed E-state index contributed by atoms with van der Waals surface area (Å²) in [5.74, 6) is 0. The monoisotopic (exact) mass is 231 g/mol. The summed E-state index contributed by atoms with van der Waals surface area (Å²) < 4.78 is 1.13. The zero-order valence-corrected chi connectivity index (χ0v) is 8.58. The van der Waals surface area contributed by atoms with E-state index in [1.54, 1.807) is 0 Å². The number of rotatable bonds is 1. The molecule has 1 aromatic rings. The van der Waals surface area contributed by atoms with Gasteiger partial charge in [-0.15, -0.1) is 0 Å². The lowest BCUT2D eigenvalue weighted by molar-refractivity contribution is 1.55. The molecule has 13 heavy (non-hydrogen) atoms. The van der Waals surface area contributed by atoms with Gasteiger partial charge < -0.3 is 0 Å². The van der Waals surface area contributed by atoms with E-state index in [2.05, 4.69) is 40.2 Å². The van der Waals surface area contributed by atoms with Crippen LogP contribution in [0.4, 0.5) is 0 Å². The number of hydrogen-bond donors (Lipinski definition) is 0. The summed E-state index contributed by atoms with van der Waals surface area (Å²) >= 11 is 3.52. The van der Waals surface area contributed by atoms with Crippen molar-refractivity contribution in [3.8, 4) is 0 Å². The molecule has 0 amide bonds. The molecule has 0 unspecified atom stereocenters. The van der Waals surface area contributed by atoms with Gasteiger partial charge in [-0.25, -0.2) is 0 Å². The minimum atomic E-state index is 1.13. The van der Waals surface area contributed by atoms with Crippen LogP contribution in [0.15, 0.2) is 53.0 Å². The largest absolute Gasteiger partial charge is 0.103 e. The van der Waals surface area contributed by atoms with Gasteiger partial charge in [0.2, 0.25) is 0 Å². The highest BCUT2D eigenvalue weighted by molar-refractivity contribution is 9.10. The van der Waals surface area contributed by atoms with Gasteiger partial charge in [0, 0.05) is 16.1 Å². The van der Waals surface area contributed by atoms with E-state index in [-0.39, 0.29) is 0 Å². The summed E-state index contributed by atoms with van der Waals surface area (Å²) in [6.07, 6.45) is 11.0. The van der Waals surface area contributed by atoms with Crippen molar-refractivity contribution in [2.75, 3.05) is 0 Å². The average Bonchev–Trinajstić information content (AvgIpc) is 2.20. The van der Waals surface area contributed by atoms with E-state index in [1.165, 1.54) is 11.1 Å². The lowest BCUT2D eigenvalue weighted by atomic mass is 10.0. The van der Waals surface area contributed by atoms with Gasteiger partial charge in [0.05, 0.1) is 17.7 Å². The SMILES string of the molecule is Brc1ccccc1C1=CC=[C+]C=C1. The Morgan fingerprint density at radius 1 is 1.15 bits per heavy atom. The zero-order chi connectivity index (χ0) is 9.10. The van der Waals surface area contributed by atoms with Crippen molar-refractivity contribution in [1.29, 1.82) is 0 Å². The maximum absolute atomic E-state index is 3.52. The first-order chi connectivity index (χ1) is 6.38. The van der Waals surface area contributed by atoms with Crippen LogP contribution < -0.4 is 0 Å². The third-order valence-corrected chi connectivity index (χ3v) is 2.59. The number of allylic oxidation sites excluding steroid dienone is 6. The summed E-state index contributed by atoms with van der Waals surface area (Å²) in [5, 5.41) is 0. The molecule has 0 atom stereocenters. The molecule has 2 rings (SSSR count). The molecule has 1 aliphatic rings. The van der Waals surface area contributed by atoms with Crippen LogP contribution in [0.2, 0.25) is 0 Å². The van der Waals surface area contributed by atoms with E-state index >= 15 is 0 Å². The molecule has 0 N–H and O–H groups in total. The van der Waals surface area contributed by atoms with Gasteiger partial charge in [0.25, 0.3) is 0 Å². The minimum absolute atomic E-state index is 1.13. The Kier molecular flexibility index (Phi) is 2.40. The molecule has 0 aromatic heterocycles. The Morgan fingerprint density at radius 3 is 2.69 bits per heavy atom. The van der Waals surface area contributed by atoms with Crippen molar-refractivity contribution < 1.29 is 0 Å². The molecule has 62 valence electrons. The van der Waals surface area contributed by atoms with Crippen LogP contribution in [0.5, 0.6) is 0 Å².